The lowest BCUT2D eigenvalue weighted by atomic mass is 10.2. The summed E-state index contributed by atoms with van der Waals surface area (Å²) in [7, 11) is 0. The third-order valence-corrected chi connectivity index (χ3v) is 4.62. The molecular formula is C19H22ClNO2S. The van der Waals surface area contributed by atoms with E-state index in [2.05, 4.69) is 5.32 Å². The van der Waals surface area contributed by atoms with Crippen LogP contribution in [0.5, 0.6) is 5.75 Å². The fourth-order valence-corrected chi connectivity index (χ4v) is 3.18. The van der Waals surface area contributed by atoms with Gasteiger partial charge in [0.05, 0.1) is 11.8 Å². The van der Waals surface area contributed by atoms with Crippen molar-refractivity contribution in [3.8, 4) is 5.75 Å². The minimum absolute atomic E-state index is 0.0166. The summed E-state index contributed by atoms with van der Waals surface area (Å²) in [5.41, 5.74) is 2.21. The Bertz CT molecular complexity index is 678. The number of carbonyl (C=O) groups excluding carboxylic acids is 1. The van der Waals surface area contributed by atoms with Gasteiger partial charge in [0.15, 0.2) is 0 Å². The molecule has 0 aliphatic heterocycles. The van der Waals surface area contributed by atoms with E-state index >= 15 is 0 Å². The lowest BCUT2D eigenvalue weighted by Crippen LogP contribution is -2.37. The SMILES string of the molecule is Cc1ccccc1OCC(C)NC(=O)CSCc1cccc(Cl)c1. The van der Waals surface area contributed by atoms with E-state index in [1.54, 1.807) is 11.8 Å². The molecule has 2 aromatic carbocycles. The highest BCUT2D eigenvalue weighted by Gasteiger charge is 2.09. The maximum Gasteiger partial charge on any atom is 0.230 e. The molecule has 0 heterocycles. The summed E-state index contributed by atoms with van der Waals surface area (Å²) >= 11 is 7.52. The van der Waals surface area contributed by atoms with Crippen LogP contribution in [0.4, 0.5) is 0 Å². The van der Waals surface area contributed by atoms with Gasteiger partial charge in [-0.05, 0) is 43.2 Å². The number of amides is 1. The molecule has 0 fully saturated rings. The van der Waals surface area contributed by atoms with Crippen molar-refractivity contribution in [1.29, 1.82) is 0 Å². The first-order valence-electron chi connectivity index (χ1n) is 7.84. The van der Waals surface area contributed by atoms with E-state index in [1.807, 2.05) is 62.4 Å². The number of thioether (sulfide) groups is 1. The van der Waals surface area contributed by atoms with Gasteiger partial charge < -0.3 is 10.1 Å². The van der Waals surface area contributed by atoms with Crippen LogP contribution in [0, 0.1) is 6.92 Å². The molecule has 5 heteroatoms. The van der Waals surface area contributed by atoms with E-state index < -0.39 is 0 Å². The standard InChI is InChI=1S/C19H22ClNO2S/c1-14-6-3-4-9-18(14)23-11-15(2)21-19(22)13-24-12-16-7-5-8-17(20)10-16/h3-10,15H,11-13H2,1-2H3,(H,21,22). The predicted octanol–water partition coefficient (Wildman–Crippen LogP) is 4.47. The second-order valence-corrected chi connectivity index (χ2v) is 7.09. The number of carbonyl (C=O) groups is 1. The quantitative estimate of drug-likeness (QED) is 0.752. The van der Waals surface area contributed by atoms with Gasteiger partial charge in [0, 0.05) is 10.8 Å². The average Bonchev–Trinajstić information content (AvgIpc) is 2.54. The third-order valence-electron chi connectivity index (χ3n) is 3.38. The topological polar surface area (TPSA) is 38.3 Å². The number of rotatable bonds is 8. The molecule has 1 unspecified atom stereocenters. The number of hydrogen-bond acceptors (Lipinski definition) is 3. The Morgan fingerprint density at radius 2 is 2.04 bits per heavy atom. The summed E-state index contributed by atoms with van der Waals surface area (Å²) < 4.78 is 5.75. The Hall–Kier alpha value is -1.65. The van der Waals surface area contributed by atoms with Crippen molar-refractivity contribution >= 4 is 29.3 Å². The van der Waals surface area contributed by atoms with Crippen molar-refractivity contribution in [2.75, 3.05) is 12.4 Å². The van der Waals surface area contributed by atoms with Crippen LogP contribution in [0.15, 0.2) is 48.5 Å². The number of nitrogens with one attached hydrogen (secondary N) is 1. The van der Waals surface area contributed by atoms with Crippen molar-refractivity contribution in [2.24, 2.45) is 0 Å². The first-order valence-corrected chi connectivity index (χ1v) is 9.38. The van der Waals surface area contributed by atoms with Gasteiger partial charge in [-0.1, -0.05) is 41.9 Å². The zero-order chi connectivity index (χ0) is 17.4. The highest BCUT2D eigenvalue weighted by molar-refractivity contribution is 7.99. The fraction of sp³-hybridized carbons (Fsp3) is 0.316. The van der Waals surface area contributed by atoms with Crippen LogP contribution in [0.1, 0.15) is 18.1 Å². The van der Waals surface area contributed by atoms with Crippen molar-refractivity contribution in [1.82, 2.24) is 5.32 Å². The molecule has 1 atom stereocenters. The minimum Gasteiger partial charge on any atom is -0.491 e. The molecule has 0 spiro atoms. The van der Waals surface area contributed by atoms with Gasteiger partial charge in [-0.25, -0.2) is 0 Å². The van der Waals surface area contributed by atoms with Gasteiger partial charge in [0.2, 0.25) is 5.91 Å². The summed E-state index contributed by atoms with van der Waals surface area (Å²) in [4.78, 5) is 12.0. The first-order chi connectivity index (χ1) is 11.5. The molecule has 0 radical (unpaired) electrons. The van der Waals surface area contributed by atoms with Crippen LogP contribution < -0.4 is 10.1 Å². The van der Waals surface area contributed by atoms with Crippen LogP contribution in [0.3, 0.4) is 0 Å². The maximum absolute atomic E-state index is 12.0. The van der Waals surface area contributed by atoms with E-state index in [9.17, 15) is 4.79 Å². The Labute approximate surface area is 152 Å². The Kier molecular flexibility index (Phi) is 7.47. The second kappa shape index (κ2) is 9.60. The molecule has 2 aromatic rings. The van der Waals surface area contributed by atoms with E-state index in [4.69, 9.17) is 16.3 Å². The van der Waals surface area contributed by atoms with E-state index in [1.165, 1.54) is 0 Å². The molecule has 2 rings (SSSR count). The van der Waals surface area contributed by atoms with Crippen molar-refractivity contribution in [2.45, 2.75) is 25.6 Å². The predicted molar refractivity (Wildman–Crippen MR) is 102 cm³/mol. The normalized spacial score (nSPS) is 11.8. The second-order valence-electron chi connectivity index (χ2n) is 5.67. The minimum atomic E-state index is -0.0381. The van der Waals surface area contributed by atoms with Gasteiger partial charge >= 0.3 is 0 Å². The molecular weight excluding hydrogens is 342 g/mol. The molecule has 3 nitrogen and oxygen atoms in total. The molecule has 128 valence electrons. The Balaban J connectivity index is 1.67. The number of para-hydroxylation sites is 1. The molecule has 0 saturated heterocycles. The van der Waals surface area contributed by atoms with Crippen molar-refractivity contribution in [3.63, 3.8) is 0 Å². The number of aryl methyl sites for hydroxylation is 1. The van der Waals surface area contributed by atoms with Gasteiger partial charge in [0.25, 0.3) is 0 Å². The smallest absolute Gasteiger partial charge is 0.230 e. The Morgan fingerprint density at radius 1 is 1.25 bits per heavy atom. The van der Waals surface area contributed by atoms with E-state index in [-0.39, 0.29) is 11.9 Å². The molecule has 1 N–H and O–H groups in total. The van der Waals surface area contributed by atoms with Crippen LogP contribution in [-0.4, -0.2) is 24.3 Å². The van der Waals surface area contributed by atoms with Crippen LogP contribution in [-0.2, 0) is 10.5 Å². The zero-order valence-electron chi connectivity index (χ0n) is 13.9. The van der Waals surface area contributed by atoms with Crippen LogP contribution >= 0.6 is 23.4 Å². The molecule has 24 heavy (non-hydrogen) atoms. The average molecular weight is 364 g/mol. The monoisotopic (exact) mass is 363 g/mol. The largest absolute Gasteiger partial charge is 0.491 e. The summed E-state index contributed by atoms with van der Waals surface area (Å²) in [6, 6.07) is 15.5. The molecule has 0 aliphatic rings. The molecule has 0 saturated carbocycles. The zero-order valence-corrected chi connectivity index (χ0v) is 15.5. The fourth-order valence-electron chi connectivity index (χ4n) is 2.18. The first kappa shape index (κ1) is 18.7. The van der Waals surface area contributed by atoms with Gasteiger partial charge in [-0.2, -0.15) is 0 Å². The van der Waals surface area contributed by atoms with Gasteiger partial charge in [0.1, 0.15) is 12.4 Å². The molecule has 1 amide bonds. The number of ether oxygens (including phenoxy) is 1. The van der Waals surface area contributed by atoms with Crippen molar-refractivity contribution in [3.05, 3.63) is 64.7 Å². The molecule has 0 bridgehead atoms. The third kappa shape index (κ3) is 6.46. The summed E-state index contributed by atoms with van der Waals surface area (Å²) in [5.74, 6) is 2.06. The van der Waals surface area contributed by atoms with Crippen LogP contribution in [0.2, 0.25) is 5.02 Å². The van der Waals surface area contributed by atoms with Gasteiger partial charge in [-0.3, -0.25) is 4.79 Å². The highest BCUT2D eigenvalue weighted by Crippen LogP contribution is 2.17. The number of benzene rings is 2. The number of hydrogen-bond donors (Lipinski definition) is 1. The summed E-state index contributed by atoms with van der Waals surface area (Å²) in [5, 5.41) is 3.68. The lowest BCUT2D eigenvalue weighted by molar-refractivity contribution is -0.119. The Morgan fingerprint density at radius 3 is 2.79 bits per heavy atom. The highest BCUT2D eigenvalue weighted by atomic mass is 35.5. The molecule has 0 aromatic heterocycles. The molecule has 0 aliphatic carbocycles. The lowest BCUT2D eigenvalue weighted by Gasteiger charge is -2.16. The van der Waals surface area contributed by atoms with E-state index in [0.717, 1.165) is 27.7 Å². The maximum atomic E-state index is 12.0. The van der Waals surface area contributed by atoms with Gasteiger partial charge in [-0.15, -0.1) is 11.8 Å². The summed E-state index contributed by atoms with van der Waals surface area (Å²) in [6.07, 6.45) is 0. The van der Waals surface area contributed by atoms with Crippen molar-refractivity contribution < 1.29 is 9.53 Å². The number of halogens is 1. The summed E-state index contributed by atoms with van der Waals surface area (Å²) in [6.45, 7) is 4.40. The van der Waals surface area contributed by atoms with E-state index in [0.29, 0.717) is 12.4 Å². The van der Waals surface area contributed by atoms with Crippen LogP contribution in [0.25, 0.3) is 0 Å².